The molecule has 0 spiro atoms. The molecule has 0 atom stereocenters. The van der Waals surface area contributed by atoms with Crippen molar-refractivity contribution in [2.24, 2.45) is 0 Å². The molecule has 7 heteroatoms. The van der Waals surface area contributed by atoms with Crippen molar-refractivity contribution in [2.45, 2.75) is 39.0 Å². The van der Waals surface area contributed by atoms with Crippen molar-refractivity contribution in [3.63, 3.8) is 0 Å². The summed E-state index contributed by atoms with van der Waals surface area (Å²) in [6.45, 7) is 2.43. The van der Waals surface area contributed by atoms with Crippen molar-refractivity contribution in [3.8, 4) is 10.8 Å². The molecule has 2 N–H and O–H groups in total. The van der Waals surface area contributed by atoms with Crippen molar-refractivity contribution < 1.29 is 19.1 Å². The number of aryl methyl sites for hydroxylation is 1. The third kappa shape index (κ3) is 5.21. The largest absolute Gasteiger partial charge is 0.481 e. The third-order valence-corrected chi connectivity index (χ3v) is 4.33. The number of carbonyl (C=O) groups is 2. The van der Waals surface area contributed by atoms with Gasteiger partial charge in [0.25, 0.3) is 5.91 Å². The van der Waals surface area contributed by atoms with Crippen molar-refractivity contribution in [1.29, 1.82) is 0 Å². The predicted molar refractivity (Wildman–Crippen MR) is 87.6 cm³/mol. The third-order valence-electron chi connectivity index (χ3n) is 3.35. The molecule has 0 saturated carbocycles. The number of furan rings is 1. The molecule has 2 aromatic rings. The van der Waals surface area contributed by atoms with E-state index < -0.39 is 5.97 Å². The summed E-state index contributed by atoms with van der Waals surface area (Å²) in [6.07, 6.45) is 5.07. The Morgan fingerprint density at radius 3 is 2.78 bits per heavy atom. The normalized spacial score (nSPS) is 10.7. The summed E-state index contributed by atoms with van der Waals surface area (Å²) in [4.78, 5) is 27.7. The number of rotatable bonds is 9. The second-order valence-electron chi connectivity index (χ2n) is 5.21. The lowest BCUT2D eigenvalue weighted by Crippen LogP contribution is -2.25. The number of thiazole rings is 1. The van der Waals surface area contributed by atoms with Crippen molar-refractivity contribution in [3.05, 3.63) is 29.0 Å². The summed E-state index contributed by atoms with van der Waals surface area (Å²) in [5, 5.41) is 12.1. The van der Waals surface area contributed by atoms with Crippen LogP contribution in [-0.4, -0.2) is 28.5 Å². The second-order valence-corrected chi connectivity index (χ2v) is 6.42. The first kappa shape index (κ1) is 17.2. The van der Waals surface area contributed by atoms with Crippen LogP contribution in [0.25, 0.3) is 10.8 Å². The zero-order valence-electron chi connectivity index (χ0n) is 13.0. The molecule has 0 aliphatic carbocycles. The van der Waals surface area contributed by atoms with Gasteiger partial charge in [-0.05, 0) is 31.9 Å². The highest BCUT2D eigenvalue weighted by Crippen LogP contribution is 2.27. The molecule has 0 aliphatic heterocycles. The summed E-state index contributed by atoms with van der Waals surface area (Å²) >= 11 is 1.43. The Morgan fingerprint density at radius 1 is 1.30 bits per heavy atom. The van der Waals surface area contributed by atoms with Gasteiger partial charge in [-0.25, -0.2) is 4.98 Å². The van der Waals surface area contributed by atoms with Crippen LogP contribution in [0.4, 0.5) is 0 Å². The van der Waals surface area contributed by atoms with Crippen LogP contribution in [-0.2, 0) is 4.79 Å². The molecular formula is C16H20N2O4S. The number of hydrogen-bond acceptors (Lipinski definition) is 5. The molecule has 124 valence electrons. The van der Waals surface area contributed by atoms with Crippen LogP contribution in [0.2, 0.25) is 0 Å². The first-order valence-electron chi connectivity index (χ1n) is 7.59. The van der Waals surface area contributed by atoms with Crippen LogP contribution in [0.1, 0.15) is 47.5 Å². The van der Waals surface area contributed by atoms with Gasteiger partial charge in [-0.1, -0.05) is 12.8 Å². The lowest BCUT2D eigenvalue weighted by Gasteiger charge is -2.03. The molecule has 6 nitrogen and oxygen atoms in total. The number of unbranched alkanes of at least 4 members (excludes halogenated alkanes) is 3. The zero-order valence-corrected chi connectivity index (χ0v) is 13.8. The first-order chi connectivity index (χ1) is 11.1. The van der Waals surface area contributed by atoms with E-state index in [0.29, 0.717) is 29.4 Å². The van der Waals surface area contributed by atoms with Gasteiger partial charge in [0.05, 0.1) is 6.26 Å². The molecule has 0 radical (unpaired) electrons. The molecule has 2 aromatic heterocycles. The number of carboxylic acids is 1. The molecule has 0 aliphatic rings. The van der Waals surface area contributed by atoms with Crippen LogP contribution >= 0.6 is 11.3 Å². The highest BCUT2D eigenvalue weighted by atomic mass is 32.1. The second kappa shape index (κ2) is 8.47. The smallest absolute Gasteiger partial charge is 0.303 e. The molecule has 2 rings (SSSR count). The highest BCUT2D eigenvalue weighted by molar-refractivity contribution is 7.15. The monoisotopic (exact) mass is 336 g/mol. The van der Waals surface area contributed by atoms with Gasteiger partial charge < -0.3 is 14.8 Å². The first-order valence-corrected chi connectivity index (χ1v) is 8.41. The van der Waals surface area contributed by atoms with Crippen LogP contribution in [0.15, 0.2) is 22.8 Å². The number of aliphatic carboxylic acids is 1. The molecule has 1 amide bonds. The molecule has 23 heavy (non-hydrogen) atoms. The van der Waals surface area contributed by atoms with E-state index in [1.807, 2.05) is 13.0 Å². The van der Waals surface area contributed by atoms with E-state index in [9.17, 15) is 9.59 Å². The van der Waals surface area contributed by atoms with E-state index in [-0.39, 0.29) is 12.3 Å². The lowest BCUT2D eigenvalue weighted by molar-refractivity contribution is -0.137. The summed E-state index contributed by atoms with van der Waals surface area (Å²) in [5.41, 5.74) is 0.437. The van der Waals surface area contributed by atoms with Crippen molar-refractivity contribution in [2.75, 3.05) is 6.54 Å². The van der Waals surface area contributed by atoms with Crippen LogP contribution in [0.5, 0.6) is 0 Å². The number of carboxylic acid groups (broad SMARTS) is 1. The van der Waals surface area contributed by atoms with E-state index >= 15 is 0 Å². The van der Waals surface area contributed by atoms with E-state index in [1.165, 1.54) is 11.3 Å². The number of aromatic nitrogens is 1. The van der Waals surface area contributed by atoms with Gasteiger partial charge in [0.1, 0.15) is 5.69 Å². The predicted octanol–water partition coefficient (Wildman–Crippen LogP) is 3.48. The van der Waals surface area contributed by atoms with E-state index in [1.54, 1.807) is 12.3 Å². The van der Waals surface area contributed by atoms with Crippen LogP contribution < -0.4 is 5.32 Å². The quantitative estimate of drug-likeness (QED) is 0.684. The Balaban J connectivity index is 1.75. The fourth-order valence-corrected chi connectivity index (χ4v) is 3.03. The average Bonchev–Trinajstić information content (AvgIpc) is 3.14. The van der Waals surface area contributed by atoms with Crippen LogP contribution in [0, 0.1) is 6.92 Å². The van der Waals surface area contributed by atoms with Gasteiger partial charge >= 0.3 is 5.97 Å². The zero-order chi connectivity index (χ0) is 16.7. The maximum Gasteiger partial charge on any atom is 0.303 e. The Kier molecular flexibility index (Phi) is 6.34. The van der Waals surface area contributed by atoms with Crippen molar-refractivity contribution in [1.82, 2.24) is 10.3 Å². The van der Waals surface area contributed by atoms with Gasteiger partial charge in [-0.15, -0.1) is 11.3 Å². The van der Waals surface area contributed by atoms with Gasteiger partial charge in [0, 0.05) is 17.8 Å². The molecule has 0 fully saturated rings. The highest BCUT2D eigenvalue weighted by Gasteiger charge is 2.17. The van der Waals surface area contributed by atoms with E-state index in [2.05, 4.69) is 10.3 Å². The fraction of sp³-hybridized carbons (Fsp3) is 0.438. The Bertz CT molecular complexity index is 649. The minimum Gasteiger partial charge on any atom is -0.481 e. The van der Waals surface area contributed by atoms with E-state index in [4.69, 9.17) is 9.52 Å². The number of carbonyl (C=O) groups excluding carboxylic acids is 1. The molecule has 0 bridgehead atoms. The topological polar surface area (TPSA) is 92.4 Å². The summed E-state index contributed by atoms with van der Waals surface area (Å²) in [5.74, 6) is -0.276. The summed E-state index contributed by atoms with van der Waals surface area (Å²) < 4.78 is 5.29. The van der Waals surface area contributed by atoms with Gasteiger partial charge in [-0.3, -0.25) is 9.59 Å². The molecule has 0 unspecified atom stereocenters. The minimum atomic E-state index is -0.760. The van der Waals surface area contributed by atoms with E-state index in [0.717, 1.165) is 24.1 Å². The number of amides is 1. The van der Waals surface area contributed by atoms with Gasteiger partial charge in [-0.2, -0.15) is 0 Å². The average molecular weight is 336 g/mol. The molecule has 2 heterocycles. The Labute approximate surface area is 138 Å². The maximum atomic E-state index is 12.2. The standard InChI is InChI=1S/C16H20N2O4S/c1-11-14(18-16(23-11)12-7-6-10-22-12)15(21)17-9-5-3-2-4-8-13(19)20/h6-7,10H,2-5,8-9H2,1H3,(H,17,21)(H,19,20). The number of nitrogens with one attached hydrogen (secondary N) is 1. The lowest BCUT2D eigenvalue weighted by atomic mass is 10.1. The Morgan fingerprint density at radius 2 is 2.09 bits per heavy atom. The molecular weight excluding hydrogens is 316 g/mol. The van der Waals surface area contributed by atoms with Gasteiger partial charge in [0.2, 0.25) is 0 Å². The Hall–Kier alpha value is -2.15. The molecule has 0 aromatic carbocycles. The SMILES string of the molecule is Cc1sc(-c2ccco2)nc1C(=O)NCCCCCCC(=O)O. The minimum absolute atomic E-state index is 0.179. The summed E-state index contributed by atoms with van der Waals surface area (Å²) in [7, 11) is 0. The van der Waals surface area contributed by atoms with Gasteiger partial charge in [0.15, 0.2) is 10.8 Å². The van der Waals surface area contributed by atoms with Crippen LogP contribution in [0.3, 0.4) is 0 Å². The number of hydrogen-bond donors (Lipinski definition) is 2. The van der Waals surface area contributed by atoms with Crippen molar-refractivity contribution >= 4 is 23.2 Å². The maximum absolute atomic E-state index is 12.2. The molecule has 0 saturated heterocycles. The summed E-state index contributed by atoms with van der Waals surface area (Å²) in [6, 6.07) is 3.60. The fourth-order valence-electron chi connectivity index (χ4n) is 2.15. The number of nitrogens with zero attached hydrogens (tertiary/aromatic N) is 1.